The second kappa shape index (κ2) is 4.22. The van der Waals surface area contributed by atoms with Crippen molar-refractivity contribution in [2.75, 3.05) is 5.73 Å². The minimum atomic E-state index is 0.616. The Morgan fingerprint density at radius 1 is 1.00 bits per heavy atom. The molecule has 0 spiro atoms. The summed E-state index contributed by atoms with van der Waals surface area (Å²) in [7, 11) is 0. The second-order valence-electron chi connectivity index (χ2n) is 7.05. The van der Waals surface area contributed by atoms with Crippen molar-refractivity contribution in [1.29, 1.82) is 0 Å². The van der Waals surface area contributed by atoms with E-state index in [0.29, 0.717) is 5.92 Å². The van der Waals surface area contributed by atoms with E-state index in [9.17, 15) is 0 Å². The van der Waals surface area contributed by atoms with Crippen molar-refractivity contribution in [2.45, 2.75) is 64.2 Å². The third-order valence-electron chi connectivity index (χ3n) is 5.26. The van der Waals surface area contributed by atoms with Crippen LogP contribution < -0.4 is 5.73 Å². The van der Waals surface area contributed by atoms with Gasteiger partial charge in [0.05, 0.1) is 0 Å². The van der Waals surface area contributed by atoms with E-state index in [1.54, 1.807) is 11.1 Å². The number of anilines is 1. The first kappa shape index (κ1) is 11.7. The van der Waals surface area contributed by atoms with E-state index in [1.807, 2.05) is 0 Å². The van der Waals surface area contributed by atoms with Crippen LogP contribution in [0.5, 0.6) is 0 Å². The number of nitrogen functional groups attached to an aromatic ring is 1. The third kappa shape index (κ3) is 2.15. The SMILES string of the molecule is CC1CCc2c1nc(N)c(CC1CC1)c2CC1CC1. The molecule has 1 aromatic heterocycles. The maximum atomic E-state index is 6.32. The molecule has 3 aliphatic rings. The summed E-state index contributed by atoms with van der Waals surface area (Å²) in [6.07, 6.45) is 10.6. The molecule has 3 aliphatic carbocycles. The normalized spacial score (nSPS) is 25.6. The van der Waals surface area contributed by atoms with E-state index in [1.165, 1.54) is 62.6 Å². The molecular formula is C17H24N2. The maximum Gasteiger partial charge on any atom is 0.127 e. The van der Waals surface area contributed by atoms with Gasteiger partial charge in [-0.25, -0.2) is 4.98 Å². The van der Waals surface area contributed by atoms with Crippen LogP contribution in [0, 0.1) is 11.8 Å². The van der Waals surface area contributed by atoms with Gasteiger partial charge in [-0.15, -0.1) is 0 Å². The van der Waals surface area contributed by atoms with Crippen LogP contribution in [0.15, 0.2) is 0 Å². The molecule has 2 saturated carbocycles. The Balaban J connectivity index is 1.78. The van der Waals surface area contributed by atoms with Crippen LogP contribution in [0.2, 0.25) is 0 Å². The van der Waals surface area contributed by atoms with Crippen molar-refractivity contribution < 1.29 is 0 Å². The summed E-state index contributed by atoms with van der Waals surface area (Å²) >= 11 is 0. The van der Waals surface area contributed by atoms with Gasteiger partial charge in [0.25, 0.3) is 0 Å². The lowest BCUT2D eigenvalue weighted by Crippen LogP contribution is -2.10. The van der Waals surface area contributed by atoms with Gasteiger partial charge in [-0.1, -0.05) is 6.92 Å². The molecule has 0 aromatic carbocycles. The Morgan fingerprint density at radius 3 is 2.26 bits per heavy atom. The number of hydrogen-bond donors (Lipinski definition) is 1. The topological polar surface area (TPSA) is 38.9 Å². The summed E-state index contributed by atoms with van der Waals surface area (Å²) < 4.78 is 0. The molecule has 1 unspecified atom stereocenters. The van der Waals surface area contributed by atoms with E-state index in [0.717, 1.165) is 17.7 Å². The van der Waals surface area contributed by atoms with Crippen molar-refractivity contribution in [3.63, 3.8) is 0 Å². The van der Waals surface area contributed by atoms with Crippen molar-refractivity contribution in [3.05, 3.63) is 22.4 Å². The first-order chi connectivity index (χ1) is 9.22. The highest BCUT2D eigenvalue weighted by Crippen LogP contribution is 2.43. The number of nitrogens with zero attached hydrogens (tertiary/aromatic N) is 1. The Labute approximate surface area is 115 Å². The van der Waals surface area contributed by atoms with Crippen LogP contribution in [0.1, 0.15) is 67.3 Å². The zero-order chi connectivity index (χ0) is 13.0. The van der Waals surface area contributed by atoms with Crippen molar-refractivity contribution in [2.24, 2.45) is 11.8 Å². The first-order valence-corrected chi connectivity index (χ1v) is 8.02. The minimum Gasteiger partial charge on any atom is -0.383 e. The molecule has 2 nitrogen and oxygen atoms in total. The van der Waals surface area contributed by atoms with Crippen LogP contribution in [0.4, 0.5) is 5.82 Å². The molecule has 0 amide bonds. The van der Waals surface area contributed by atoms with E-state index in [4.69, 9.17) is 10.7 Å². The van der Waals surface area contributed by atoms with Crippen molar-refractivity contribution in [3.8, 4) is 0 Å². The highest BCUT2D eigenvalue weighted by atomic mass is 14.9. The van der Waals surface area contributed by atoms with E-state index >= 15 is 0 Å². The third-order valence-corrected chi connectivity index (χ3v) is 5.26. The summed E-state index contributed by atoms with van der Waals surface area (Å²) in [5, 5.41) is 0. The molecule has 2 fully saturated rings. The Hall–Kier alpha value is -1.05. The second-order valence-corrected chi connectivity index (χ2v) is 7.05. The van der Waals surface area contributed by atoms with Gasteiger partial charge in [0.1, 0.15) is 5.82 Å². The average molecular weight is 256 g/mol. The molecule has 0 saturated heterocycles. The standard InChI is InChI=1S/C17H24N2/c1-10-2-7-13-14(8-11-3-4-11)15(9-12-5-6-12)17(18)19-16(10)13/h10-12H,2-9H2,1H3,(H2,18,19). The van der Waals surface area contributed by atoms with Gasteiger partial charge in [-0.2, -0.15) is 0 Å². The number of hydrogen-bond acceptors (Lipinski definition) is 2. The number of rotatable bonds is 4. The van der Waals surface area contributed by atoms with Gasteiger partial charge in [0, 0.05) is 5.69 Å². The molecule has 2 heteroatoms. The number of aromatic nitrogens is 1. The van der Waals surface area contributed by atoms with Gasteiger partial charge in [-0.05, 0) is 85.8 Å². The predicted molar refractivity (Wildman–Crippen MR) is 78.2 cm³/mol. The van der Waals surface area contributed by atoms with Crippen LogP contribution in [0.25, 0.3) is 0 Å². The summed E-state index contributed by atoms with van der Waals surface area (Å²) in [4.78, 5) is 4.78. The average Bonchev–Trinajstić information content (AvgIpc) is 3.28. The zero-order valence-electron chi connectivity index (χ0n) is 11.9. The molecule has 0 aliphatic heterocycles. The van der Waals surface area contributed by atoms with E-state index in [2.05, 4.69) is 6.92 Å². The van der Waals surface area contributed by atoms with Gasteiger partial charge in [-0.3, -0.25) is 0 Å². The molecule has 0 bridgehead atoms. The highest BCUT2D eigenvalue weighted by Gasteiger charge is 2.32. The zero-order valence-corrected chi connectivity index (χ0v) is 11.9. The van der Waals surface area contributed by atoms with Gasteiger partial charge in [0.15, 0.2) is 0 Å². The number of fused-ring (bicyclic) bond motifs is 1. The Bertz CT molecular complexity index is 512. The molecule has 2 N–H and O–H groups in total. The van der Waals surface area contributed by atoms with Crippen LogP contribution in [-0.4, -0.2) is 4.98 Å². The molecular weight excluding hydrogens is 232 g/mol. The molecule has 0 radical (unpaired) electrons. The van der Waals surface area contributed by atoms with Crippen LogP contribution in [-0.2, 0) is 19.3 Å². The molecule has 4 rings (SSSR count). The Kier molecular flexibility index (Phi) is 2.61. The fourth-order valence-corrected chi connectivity index (χ4v) is 3.64. The molecule has 19 heavy (non-hydrogen) atoms. The smallest absolute Gasteiger partial charge is 0.127 e. The molecule has 1 aromatic rings. The fourth-order valence-electron chi connectivity index (χ4n) is 3.64. The summed E-state index contributed by atoms with van der Waals surface area (Å²) in [5.74, 6) is 3.32. The van der Waals surface area contributed by atoms with Crippen LogP contribution in [0.3, 0.4) is 0 Å². The quantitative estimate of drug-likeness (QED) is 0.893. The van der Waals surface area contributed by atoms with Crippen LogP contribution >= 0.6 is 0 Å². The summed E-state index contributed by atoms with van der Waals surface area (Å²) in [5.41, 5.74) is 12.3. The lowest BCUT2D eigenvalue weighted by Gasteiger charge is -2.17. The van der Waals surface area contributed by atoms with E-state index < -0.39 is 0 Å². The van der Waals surface area contributed by atoms with Gasteiger partial charge < -0.3 is 5.73 Å². The monoisotopic (exact) mass is 256 g/mol. The largest absolute Gasteiger partial charge is 0.383 e. The van der Waals surface area contributed by atoms with Crippen molar-refractivity contribution >= 4 is 5.82 Å². The van der Waals surface area contributed by atoms with E-state index in [-0.39, 0.29) is 0 Å². The summed E-state index contributed by atoms with van der Waals surface area (Å²) in [6.45, 7) is 2.31. The fraction of sp³-hybridized carbons (Fsp3) is 0.706. The maximum absolute atomic E-state index is 6.32. The van der Waals surface area contributed by atoms with Gasteiger partial charge in [0.2, 0.25) is 0 Å². The number of nitrogens with two attached hydrogens (primary N) is 1. The molecule has 1 heterocycles. The number of pyridine rings is 1. The predicted octanol–water partition coefficient (Wildman–Crippen LogP) is 3.62. The molecule has 102 valence electrons. The van der Waals surface area contributed by atoms with Gasteiger partial charge >= 0.3 is 0 Å². The minimum absolute atomic E-state index is 0.616. The lowest BCUT2D eigenvalue weighted by atomic mass is 9.92. The van der Waals surface area contributed by atoms with Crippen molar-refractivity contribution in [1.82, 2.24) is 4.98 Å². The molecule has 1 atom stereocenters. The first-order valence-electron chi connectivity index (χ1n) is 8.02. The Morgan fingerprint density at radius 2 is 1.63 bits per heavy atom. The highest BCUT2D eigenvalue weighted by molar-refractivity contribution is 5.53. The lowest BCUT2D eigenvalue weighted by molar-refractivity contribution is 0.731. The summed E-state index contributed by atoms with van der Waals surface area (Å²) in [6, 6.07) is 0.